The van der Waals surface area contributed by atoms with E-state index >= 15 is 0 Å². The molecule has 2 aliphatic rings. The monoisotopic (exact) mass is 363 g/mol. The Hall–Kier alpha value is -1.38. The fraction of sp³-hybridized carbons (Fsp3) is 0.625. The topological polar surface area (TPSA) is 71.0 Å². The Morgan fingerprint density at radius 3 is 2.96 bits per heavy atom. The molecule has 1 saturated carbocycles. The summed E-state index contributed by atoms with van der Waals surface area (Å²) in [6.07, 6.45) is 8.33. The molecule has 1 saturated heterocycles. The minimum Gasteiger partial charge on any atom is -0.300 e. The number of hydrogen-bond acceptors (Lipinski definition) is 7. The van der Waals surface area contributed by atoms with Crippen LogP contribution in [0.5, 0.6) is 0 Å². The van der Waals surface area contributed by atoms with Gasteiger partial charge < -0.3 is 5.32 Å². The summed E-state index contributed by atoms with van der Waals surface area (Å²) in [4.78, 5) is 19.1. The summed E-state index contributed by atoms with van der Waals surface area (Å²) >= 11 is 3.23. The van der Waals surface area contributed by atoms with Crippen molar-refractivity contribution in [1.29, 1.82) is 0 Å². The molecule has 24 heavy (non-hydrogen) atoms. The summed E-state index contributed by atoms with van der Waals surface area (Å²) in [7, 11) is 0. The van der Waals surface area contributed by atoms with E-state index in [4.69, 9.17) is 0 Å². The van der Waals surface area contributed by atoms with Gasteiger partial charge in [0.1, 0.15) is 10.0 Å². The van der Waals surface area contributed by atoms with Gasteiger partial charge in [0.05, 0.1) is 6.04 Å². The molecule has 0 radical (unpaired) electrons. The smallest absolute Gasteiger partial charge is 0.227 e. The van der Waals surface area contributed by atoms with Crippen LogP contribution in [0.2, 0.25) is 0 Å². The van der Waals surface area contributed by atoms with Crippen molar-refractivity contribution in [1.82, 2.24) is 20.1 Å². The molecule has 128 valence electrons. The van der Waals surface area contributed by atoms with Gasteiger partial charge in [-0.3, -0.25) is 9.69 Å². The Balaban J connectivity index is 1.30. The van der Waals surface area contributed by atoms with E-state index in [0.717, 1.165) is 24.5 Å². The first-order chi connectivity index (χ1) is 11.8. The molecular formula is C16H21N5OS2. The van der Waals surface area contributed by atoms with Gasteiger partial charge in [0.2, 0.25) is 11.0 Å². The van der Waals surface area contributed by atoms with Crippen molar-refractivity contribution < 1.29 is 4.79 Å². The van der Waals surface area contributed by atoms with Crippen LogP contribution in [0.25, 0.3) is 0 Å². The fourth-order valence-electron chi connectivity index (χ4n) is 3.14. The highest BCUT2D eigenvalue weighted by molar-refractivity contribution is 7.15. The van der Waals surface area contributed by atoms with Gasteiger partial charge in [-0.1, -0.05) is 17.8 Å². The zero-order valence-electron chi connectivity index (χ0n) is 13.5. The zero-order valence-corrected chi connectivity index (χ0v) is 15.1. The fourth-order valence-corrected chi connectivity index (χ4v) is 4.88. The highest BCUT2D eigenvalue weighted by Gasteiger charge is 2.28. The Labute approximate surface area is 149 Å². The Morgan fingerprint density at radius 1 is 1.25 bits per heavy atom. The number of amides is 1. The molecule has 4 rings (SSSR count). The maximum atomic E-state index is 12.2. The molecule has 1 atom stereocenters. The van der Waals surface area contributed by atoms with Gasteiger partial charge in [-0.2, -0.15) is 0 Å². The maximum absolute atomic E-state index is 12.2. The SMILES string of the molecule is O=C(CCN1CCCC[C@@H]1c1nccs1)Nc1nnc(C2CC2)s1. The maximum Gasteiger partial charge on any atom is 0.227 e. The lowest BCUT2D eigenvalue weighted by atomic mass is 10.0. The molecule has 2 aromatic rings. The Morgan fingerprint density at radius 2 is 2.17 bits per heavy atom. The van der Waals surface area contributed by atoms with Crippen molar-refractivity contribution in [3.05, 3.63) is 21.6 Å². The van der Waals surface area contributed by atoms with Gasteiger partial charge >= 0.3 is 0 Å². The van der Waals surface area contributed by atoms with E-state index in [1.807, 2.05) is 11.6 Å². The van der Waals surface area contributed by atoms with Crippen LogP contribution in [0.15, 0.2) is 11.6 Å². The van der Waals surface area contributed by atoms with Gasteiger partial charge in [0.25, 0.3) is 0 Å². The number of piperidine rings is 1. The van der Waals surface area contributed by atoms with E-state index in [1.165, 1.54) is 42.0 Å². The number of rotatable bonds is 6. The molecule has 0 spiro atoms. The summed E-state index contributed by atoms with van der Waals surface area (Å²) in [5.41, 5.74) is 0. The van der Waals surface area contributed by atoms with Crippen LogP contribution in [0.1, 0.15) is 60.5 Å². The predicted molar refractivity (Wildman–Crippen MR) is 95.4 cm³/mol. The number of carbonyl (C=O) groups is 1. The van der Waals surface area contributed by atoms with Gasteiger partial charge in [-0.05, 0) is 32.2 Å². The van der Waals surface area contributed by atoms with Gasteiger partial charge in [-0.15, -0.1) is 21.5 Å². The molecule has 0 unspecified atom stereocenters. The predicted octanol–water partition coefficient (Wildman–Crippen LogP) is 3.43. The van der Waals surface area contributed by atoms with Crippen molar-refractivity contribution in [2.75, 3.05) is 18.4 Å². The molecule has 1 aliphatic carbocycles. The number of nitrogens with one attached hydrogen (secondary N) is 1. The number of nitrogens with zero attached hydrogens (tertiary/aromatic N) is 4. The number of anilines is 1. The van der Waals surface area contributed by atoms with Crippen molar-refractivity contribution in [2.24, 2.45) is 0 Å². The molecule has 2 fully saturated rings. The van der Waals surface area contributed by atoms with Crippen molar-refractivity contribution in [3.8, 4) is 0 Å². The van der Waals surface area contributed by atoms with Gasteiger partial charge in [-0.25, -0.2) is 4.98 Å². The largest absolute Gasteiger partial charge is 0.300 e. The third kappa shape index (κ3) is 3.81. The van der Waals surface area contributed by atoms with Crippen LogP contribution in [-0.2, 0) is 4.79 Å². The van der Waals surface area contributed by atoms with E-state index in [-0.39, 0.29) is 5.91 Å². The molecule has 0 bridgehead atoms. The lowest BCUT2D eigenvalue weighted by Crippen LogP contribution is -2.35. The van der Waals surface area contributed by atoms with Crippen LogP contribution in [0, 0.1) is 0 Å². The van der Waals surface area contributed by atoms with Gasteiger partial charge in [0, 0.05) is 30.5 Å². The zero-order chi connectivity index (χ0) is 16.4. The third-order valence-corrected chi connectivity index (χ3v) is 6.47. The number of likely N-dealkylation sites (tertiary alicyclic amines) is 1. The molecule has 1 amide bonds. The summed E-state index contributed by atoms with van der Waals surface area (Å²) < 4.78 is 0. The molecule has 1 N–H and O–H groups in total. The van der Waals surface area contributed by atoms with Crippen LogP contribution < -0.4 is 5.32 Å². The van der Waals surface area contributed by atoms with Crippen LogP contribution in [0.4, 0.5) is 5.13 Å². The molecule has 2 aromatic heterocycles. The second-order valence-electron chi connectivity index (χ2n) is 6.44. The lowest BCUT2D eigenvalue weighted by molar-refractivity contribution is -0.116. The summed E-state index contributed by atoms with van der Waals surface area (Å²) in [5.74, 6) is 0.609. The average molecular weight is 364 g/mol. The molecular weight excluding hydrogens is 342 g/mol. The molecule has 3 heterocycles. The highest BCUT2D eigenvalue weighted by atomic mass is 32.1. The van der Waals surface area contributed by atoms with E-state index in [1.54, 1.807) is 11.3 Å². The molecule has 1 aliphatic heterocycles. The van der Waals surface area contributed by atoms with Crippen molar-refractivity contribution >= 4 is 33.7 Å². The first-order valence-electron chi connectivity index (χ1n) is 8.56. The molecule has 6 nitrogen and oxygen atoms in total. The van der Waals surface area contributed by atoms with Crippen LogP contribution in [-0.4, -0.2) is 39.1 Å². The summed E-state index contributed by atoms with van der Waals surface area (Å²) in [6.45, 7) is 1.81. The summed E-state index contributed by atoms with van der Waals surface area (Å²) in [6, 6.07) is 0.370. The van der Waals surface area contributed by atoms with E-state index in [0.29, 0.717) is 23.5 Å². The Bertz CT molecular complexity index is 682. The quantitative estimate of drug-likeness (QED) is 0.851. The van der Waals surface area contributed by atoms with E-state index in [2.05, 4.69) is 25.4 Å². The first kappa shape index (κ1) is 16.1. The van der Waals surface area contributed by atoms with Crippen LogP contribution >= 0.6 is 22.7 Å². The number of thiazole rings is 1. The lowest BCUT2D eigenvalue weighted by Gasteiger charge is -2.34. The Kier molecular flexibility index (Phi) is 4.86. The van der Waals surface area contributed by atoms with Crippen molar-refractivity contribution in [3.63, 3.8) is 0 Å². The number of hydrogen-bond donors (Lipinski definition) is 1. The number of aromatic nitrogens is 3. The second-order valence-corrected chi connectivity index (χ2v) is 8.37. The minimum atomic E-state index is 0.0250. The average Bonchev–Trinajstić information content (AvgIpc) is 3.10. The van der Waals surface area contributed by atoms with Gasteiger partial charge in [0.15, 0.2) is 0 Å². The number of carbonyl (C=O) groups excluding carboxylic acids is 1. The first-order valence-corrected chi connectivity index (χ1v) is 10.3. The van der Waals surface area contributed by atoms with Crippen LogP contribution in [0.3, 0.4) is 0 Å². The molecule has 0 aromatic carbocycles. The normalized spacial score (nSPS) is 21.8. The standard InChI is InChI=1S/C16H21N5OS2/c22-13(18-16-20-19-14(24-16)11-4-5-11)6-9-21-8-2-1-3-12(21)15-17-7-10-23-15/h7,10-12H,1-6,8-9H2,(H,18,20,22)/t12-/m1/s1. The van der Waals surface area contributed by atoms with Crippen molar-refractivity contribution in [2.45, 2.75) is 50.5 Å². The third-order valence-electron chi connectivity index (χ3n) is 4.59. The summed E-state index contributed by atoms with van der Waals surface area (Å²) in [5, 5.41) is 16.0. The van der Waals surface area contributed by atoms with E-state index < -0.39 is 0 Å². The highest BCUT2D eigenvalue weighted by Crippen LogP contribution is 2.42. The second kappa shape index (κ2) is 7.25. The molecule has 8 heteroatoms. The minimum absolute atomic E-state index is 0.0250. The van der Waals surface area contributed by atoms with E-state index in [9.17, 15) is 4.79 Å².